The summed E-state index contributed by atoms with van der Waals surface area (Å²) in [5.41, 5.74) is 1.77. The summed E-state index contributed by atoms with van der Waals surface area (Å²) in [6.45, 7) is 3.87. The van der Waals surface area contributed by atoms with Gasteiger partial charge in [-0.2, -0.15) is 0 Å². The molecule has 6 heteroatoms. The van der Waals surface area contributed by atoms with Crippen molar-refractivity contribution in [3.63, 3.8) is 0 Å². The maximum Gasteiger partial charge on any atom is 0.312 e. The lowest BCUT2D eigenvalue weighted by Gasteiger charge is -2.16. The third kappa shape index (κ3) is 2.21. The van der Waals surface area contributed by atoms with Gasteiger partial charge in [-0.05, 0) is 25.5 Å². The summed E-state index contributed by atoms with van der Waals surface area (Å²) in [6.07, 6.45) is 0. The highest BCUT2D eigenvalue weighted by molar-refractivity contribution is 7.11. The molecule has 1 aliphatic rings. The van der Waals surface area contributed by atoms with Crippen LogP contribution in [0.5, 0.6) is 0 Å². The molecule has 2 heterocycles. The van der Waals surface area contributed by atoms with Gasteiger partial charge in [0.05, 0.1) is 5.01 Å². The van der Waals surface area contributed by atoms with E-state index >= 15 is 0 Å². The molecule has 1 aromatic heterocycles. The van der Waals surface area contributed by atoms with E-state index in [0.717, 1.165) is 9.88 Å². The van der Waals surface area contributed by atoms with Crippen LogP contribution in [-0.4, -0.2) is 28.5 Å². The van der Waals surface area contributed by atoms with Gasteiger partial charge in [0, 0.05) is 17.1 Å². The summed E-state index contributed by atoms with van der Waals surface area (Å²) >= 11 is 1.47. The number of aromatic nitrogens is 1. The summed E-state index contributed by atoms with van der Waals surface area (Å²) in [5, 5.41) is 10.2. The van der Waals surface area contributed by atoms with Gasteiger partial charge in [-0.25, -0.2) is 4.98 Å². The number of amides is 1. The van der Waals surface area contributed by atoms with Crippen LogP contribution in [0, 0.1) is 13.8 Å². The van der Waals surface area contributed by atoms with Crippen molar-refractivity contribution in [2.24, 2.45) is 0 Å². The van der Waals surface area contributed by atoms with Gasteiger partial charge in [0.2, 0.25) is 0 Å². The Bertz CT molecular complexity index is 738. The van der Waals surface area contributed by atoms with E-state index in [1.54, 1.807) is 18.2 Å². The number of hydrogen-bond acceptors (Lipinski definition) is 4. The molecule has 0 saturated carbocycles. The average Bonchev–Trinajstić information content (AvgIpc) is 2.98. The number of thiazole rings is 1. The molecular weight excluding hydrogens is 288 g/mol. The molecule has 5 nitrogen and oxygen atoms in total. The van der Waals surface area contributed by atoms with Crippen LogP contribution < -0.4 is 4.90 Å². The van der Waals surface area contributed by atoms with Crippen LogP contribution in [0.25, 0.3) is 0 Å². The lowest BCUT2D eigenvalue weighted by atomic mass is 10.0. The smallest absolute Gasteiger partial charge is 0.312 e. The zero-order chi connectivity index (χ0) is 15.1. The Morgan fingerprint density at radius 3 is 2.67 bits per heavy atom. The molecular formula is C15H14N2O3S. The number of benzene rings is 1. The third-order valence-electron chi connectivity index (χ3n) is 3.62. The molecule has 0 spiro atoms. The number of carboxylic acids is 1. The molecule has 1 atom stereocenters. The number of rotatable bonds is 2. The second kappa shape index (κ2) is 4.96. The minimum Gasteiger partial charge on any atom is -0.481 e. The van der Waals surface area contributed by atoms with Crippen molar-refractivity contribution in [2.75, 3.05) is 11.4 Å². The van der Waals surface area contributed by atoms with Crippen LogP contribution in [0.1, 0.15) is 31.9 Å². The molecule has 2 aromatic rings. The lowest BCUT2D eigenvalue weighted by Crippen LogP contribution is -2.31. The SMILES string of the molecule is Cc1nc(C(=O)N2CC(C(=O)O)c3ccccc32)c(C)s1. The summed E-state index contributed by atoms with van der Waals surface area (Å²) in [6, 6.07) is 7.15. The van der Waals surface area contributed by atoms with Gasteiger partial charge in [0.1, 0.15) is 11.6 Å². The van der Waals surface area contributed by atoms with Gasteiger partial charge in [0.15, 0.2) is 0 Å². The fourth-order valence-corrected chi connectivity index (χ4v) is 3.48. The van der Waals surface area contributed by atoms with Crippen LogP contribution in [0.15, 0.2) is 24.3 Å². The van der Waals surface area contributed by atoms with E-state index in [2.05, 4.69) is 4.98 Å². The zero-order valence-electron chi connectivity index (χ0n) is 11.7. The number of nitrogens with zero attached hydrogens (tertiary/aromatic N) is 2. The Hall–Kier alpha value is -2.21. The third-order valence-corrected chi connectivity index (χ3v) is 4.50. The van der Waals surface area contributed by atoms with Crippen LogP contribution in [0.2, 0.25) is 0 Å². The number of anilines is 1. The number of aryl methyl sites for hydroxylation is 2. The molecule has 108 valence electrons. The van der Waals surface area contributed by atoms with E-state index in [4.69, 9.17) is 0 Å². The molecule has 0 fully saturated rings. The number of fused-ring (bicyclic) bond motifs is 1. The Balaban J connectivity index is 2.02. The van der Waals surface area contributed by atoms with Crippen molar-refractivity contribution in [1.29, 1.82) is 0 Å². The van der Waals surface area contributed by atoms with E-state index in [1.165, 1.54) is 16.2 Å². The minimum atomic E-state index is -0.913. The standard InChI is InChI=1S/C15H14N2O3S/c1-8-13(16-9(2)21-8)14(18)17-7-11(15(19)20)10-5-3-4-6-12(10)17/h3-6,11H,7H2,1-2H3,(H,19,20). The van der Waals surface area contributed by atoms with Crippen LogP contribution in [-0.2, 0) is 4.79 Å². The van der Waals surface area contributed by atoms with Crippen molar-refractivity contribution in [3.8, 4) is 0 Å². The molecule has 1 unspecified atom stereocenters. The first kappa shape index (κ1) is 13.8. The molecule has 0 radical (unpaired) electrons. The Kier molecular flexibility index (Phi) is 3.25. The molecule has 1 aliphatic heterocycles. The summed E-state index contributed by atoms with van der Waals surface area (Å²) in [7, 11) is 0. The van der Waals surface area contributed by atoms with E-state index in [9.17, 15) is 14.7 Å². The molecule has 3 rings (SSSR count). The fourth-order valence-electron chi connectivity index (χ4n) is 2.67. The Labute approximate surface area is 125 Å². The van der Waals surface area contributed by atoms with E-state index in [0.29, 0.717) is 16.9 Å². The van der Waals surface area contributed by atoms with Gasteiger partial charge in [-0.3, -0.25) is 9.59 Å². The first-order valence-corrected chi connectivity index (χ1v) is 7.38. The first-order chi connectivity index (χ1) is 9.99. The van der Waals surface area contributed by atoms with Gasteiger partial charge < -0.3 is 10.0 Å². The molecule has 0 saturated heterocycles. The molecule has 1 N–H and O–H groups in total. The number of carbonyl (C=O) groups excluding carboxylic acids is 1. The number of aliphatic carboxylic acids is 1. The summed E-state index contributed by atoms with van der Waals surface area (Å²) < 4.78 is 0. The van der Waals surface area contributed by atoms with Crippen molar-refractivity contribution < 1.29 is 14.7 Å². The predicted molar refractivity (Wildman–Crippen MR) is 80.1 cm³/mol. The summed E-state index contributed by atoms with van der Waals surface area (Å²) in [4.78, 5) is 30.7. The number of hydrogen-bond donors (Lipinski definition) is 1. The first-order valence-electron chi connectivity index (χ1n) is 6.56. The van der Waals surface area contributed by atoms with Gasteiger partial charge in [0.25, 0.3) is 5.91 Å². The highest BCUT2D eigenvalue weighted by Crippen LogP contribution is 2.37. The molecule has 0 aliphatic carbocycles. The maximum atomic E-state index is 12.7. The monoisotopic (exact) mass is 302 g/mol. The highest BCUT2D eigenvalue weighted by atomic mass is 32.1. The van der Waals surface area contributed by atoms with E-state index < -0.39 is 11.9 Å². The van der Waals surface area contributed by atoms with E-state index in [1.807, 2.05) is 19.9 Å². The van der Waals surface area contributed by atoms with Crippen molar-refractivity contribution in [1.82, 2.24) is 4.98 Å². The fraction of sp³-hybridized carbons (Fsp3) is 0.267. The molecule has 21 heavy (non-hydrogen) atoms. The Morgan fingerprint density at radius 2 is 2.05 bits per heavy atom. The van der Waals surface area contributed by atoms with Gasteiger partial charge >= 0.3 is 5.97 Å². The normalized spacial score (nSPS) is 16.9. The minimum absolute atomic E-state index is 0.156. The quantitative estimate of drug-likeness (QED) is 0.925. The number of carboxylic acid groups (broad SMARTS) is 1. The molecule has 1 amide bonds. The largest absolute Gasteiger partial charge is 0.481 e. The maximum absolute atomic E-state index is 12.7. The lowest BCUT2D eigenvalue weighted by molar-refractivity contribution is -0.138. The van der Waals surface area contributed by atoms with Gasteiger partial charge in [-0.1, -0.05) is 18.2 Å². The average molecular weight is 302 g/mol. The number of para-hydroxylation sites is 1. The zero-order valence-corrected chi connectivity index (χ0v) is 12.5. The van der Waals surface area contributed by atoms with Crippen LogP contribution >= 0.6 is 11.3 Å². The van der Waals surface area contributed by atoms with Crippen LogP contribution in [0.3, 0.4) is 0 Å². The second-order valence-corrected chi connectivity index (χ2v) is 6.41. The van der Waals surface area contributed by atoms with Crippen molar-refractivity contribution >= 4 is 28.9 Å². The second-order valence-electron chi connectivity index (χ2n) is 5.00. The topological polar surface area (TPSA) is 70.5 Å². The molecule has 1 aromatic carbocycles. The summed E-state index contributed by atoms with van der Waals surface area (Å²) in [5.74, 6) is -1.82. The molecule has 0 bridgehead atoms. The highest BCUT2D eigenvalue weighted by Gasteiger charge is 2.37. The van der Waals surface area contributed by atoms with Crippen LogP contribution in [0.4, 0.5) is 5.69 Å². The Morgan fingerprint density at radius 1 is 1.33 bits per heavy atom. The van der Waals surface area contributed by atoms with Crippen molar-refractivity contribution in [3.05, 3.63) is 45.4 Å². The van der Waals surface area contributed by atoms with Crippen molar-refractivity contribution in [2.45, 2.75) is 19.8 Å². The number of carbonyl (C=O) groups is 2. The van der Waals surface area contributed by atoms with E-state index in [-0.39, 0.29) is 12.5 Å². The predicted octanol–water partition coefficient (Wildman–Crippen LogP) is 2.59. The van der Waals surface area contributed by atoms with Gasteiger partial charge in [-0.15, -0.1) is 11.3 Å².